The molecule has 0 aliphatic carbocycles. The molecule has 0 radical (unpaired) electrons. The van der Waals surface area contributed by atoms with Gasteiger partial charge < -0.3 is 9.84 Å². The molecule has 0 amide bonds. The zero-order chi connectivity index (χ0) is 10.2. The van der Waals surface area contributed by atoms with Crippen LogP contribution in [0.3, 0.4) is 0 Å². The molecule has 3 nitrogen and oxygen atoms in total. The lowest BCUT2D eigenvalue weighted by molar-refractivity contribution is -0.0343. The van der Waals surface area contributed by atoms with Crippen molar-refractivity contribution in [2.24, 2.45) is 0 Å². The second-order valence-corrected chi connectivity index (χ2v) is 5.01. The van der Waals surface area contributed by atoms with Crippen LogP contribution in [0.25, 0.3) is 0 Å². The first-order valence-electron chi connectivity index (χ1n) is 4.85. The number of aromatic nitrogens is 1. The van der Waals surface area contributed by atoms with Gasteiger partial charge in [0.25, 0.3) is 0 Å². The molecule has 1 aromatic heterocycles. The molecular weight excluding hydrogens is 198 g/mol. The highest BCUT2D eigenvalue weighted by molar-refractivity contribution is 7.09. The predicted octanol–water partition coefficient (Wildman–Crippen LogP) is 1.61. The van der Waals surface area contributed by atoms with Crippen molar-refractivity contribution < 1.29 is 9.84 Å². The van der Waals surface area contributed by atoms with Crippen LogP contribution in [-0.2, 0) is 11.2 Å². The van der Waals surface area contributed by atoms with Gasteiger partial charge in [0.05, 0.1) is 23.3 Å². The molecule has 1 fully saturated rings. The molecule has 2 heterocycles. The third-order valence-corrected chi connectivity index (χ3v) is 3.58. The maximum atomic E-state index is 10.4. The number of rotatable bonds is 2. The summed E-state index contributed by atoms with van der Waals surface area (Å²) in [5.74, 6) is 0. The van der Waals surface area contributed by atoms with Crippen LogP contribution in [0.4, 0.5) is 0 Å². The summed E-state index contributed by atoms with van der Waals surface area (Å²) in [6.45, 7) is 3.94. The minimum atomic E-state index is -0.702. The summed E-state index contributed by atoms with van der Waals surface area (Å²) in [7, 11) is 0. The van der Waals surface area contributed by atoms with Gasteiger partial charge >= 0.3 is 0 Å². The summed E-state index contributed by atoms with van der Waals surface area (Å²) in [4.78, 5) is 5.13. The Hall–Kier alpha value is -0.450. The second-order valence-electron chi connectivity index (χ2n) is 4.04. The molecule has 3 atom stereocenters. The van der Waals surface area contributed by atoms with E-state index in [1.165, 1.54) is 0 Å². The smallest absolute Gasteiger partial charge is 0.0978 e. The number of hydrogen-bond acceptors (Lipinski definition) is 4. The van der Waals surface area contributed by atoms with E-state index in [0.717, 1.165) is 4.88 Å². The maximum absolute atomic E-state index is 10.4. The highest BCUT2D eigenvalue weighted by atomic mass is 32.1. The van der Waals surface area contributed by atoms with Crippen molar-refractivity contribution in [3.63, 3.8) is 0 Å². The SMILES string of the molecule is CC1CC(O)(Cc2cncs2)C(C)O1. The van der Waals surface area contributed by atoms with Gasteiger partial charge in [0.15, 0.2) is 0 Å². The fourth-order valence-electron chi connectivity index (χ4n) is 2.03. The Morgan fingerprint density at radius 2 is 2.50 bits per heavy atom. The molecule has 78 valence electrons. The molecular formula is C10H15NO2S. The Morgan fingerprint density at radius 3 is 3.00 bits per heavy atom. The van der Waals surface area contributed by atoms with E-state index in [9.17, 15) is 5.11 Å². The molecule has 0 saturated carbocycles. The monoisotopic (exact) mass is 213 g/mol. The highest BCUT2D eigenvalue weighted by Crippen LogP contribution is 2.33. The summed E-state index contributed by atoms with van der Waals surface area (Å²) in [6, 6.07) is 0. The molecule has 14 heavy (non-hydrogen) atoms. The van der Waals surface area contributed by atoms with E-state index < -0.39 is 5.60 Å². The lowest BCUT2D eigenvalue weighted by Gasteiger charge is -2.24. The van der Waals surface area contributed by atoms with E-state index in [1.807, 2.05) is 20.0 Å². The number of hydrogen-bond donors (Lipinski definition) is 1. The van der Waals surface area contributed by atoms with Gasteiger partial charge in [-0.15, -0.1) is 11.3 Å². The lowest BCUT2D eigenvalue weighted by Crippen LogP contribution is -2.38. The molecule has 0 spiro atoms. The summed E-state index contributed by atoms with van der Waals surface area (Å²) in [5.41, 5.74) is 1.09. The third kappa shape index (κ3) is 1.82. The summed E-state index contributed by atoms with van der Waals surface area (Å²) >= 11 is 1.58. The summed E-state index contributed by atoms with van der Waals surface area (Å²) in [5, 5.41) is 10.4. The quantitative estimate of drug-likeness (QED) is 0.811. The fraction of sp³-hybridized carbons (Fsp3) is 0.700. The molecule has 1 aliphatic rings. The van der Waals surface area contributed by atoms with E-state index in [-0.39, 0.29) is 12.2 Å². The first-order chi connectivity index (χ1) is 6.60. The van der Waals surface area contributed by atoms with Crippen LogP contribution in [0.1, 0.15) is 25.1 Å². The van der Waals surface area contributed by atoms with Gasteiger partial charge in [0.1, 0.15) is 0 Å². The number of nitrogens with zero attached hydrogens (tertiary/aromatic N) is 1. The average molecular weight is 213 g/mol. The lowest BCUT2D eigenvalue weighted by atomic mass is 9.90. The molecule has 3 unspecified atom stereocenters. The molecule has 2 rings (SSSR count). The fourth-order valence-corrected chi connectivity index (χ4v) is 2.75. The van der Waals surface area contributed by atoms with Gasteiger partial charge in [-0.3, -0.25) is 4.98 Å². The van der Waals surface area contributed by atoms with E-state index in [2.05, 4.69) is 4.98 Å². The van der Waals surface area contributed by atoms with E-state index in [0.29, 0.717) is 12.8 Å². The highest BCUT2D eigenvalue weighted by Gasteiger charge is 2.43. The molecule has 1 N–H and O–H groups in total. The molecule has 4 heteroatoms. The van der Waals surface area contributed by atoms with Crippen molar-refractivity contribution in [3.8, 4) is 0 Å². The van der Waals surface area contributed by atoms with E-state index >= 15 is 0 Å². The number of aliphatic hydroxyl groups is 1. The van der Waals surface area contributed by atoms with Crippen LogP contribution in [0, 0.1) is 0 Å². The maximum Gasteiger partial charge on any atom is 0.0978 e. The van der Waals surface area contributed by atoms with Crippen LogP contribution in [0.5, 0.6) is 0 Å². The van der Waals surface area contributed by atoms with Crippen molar-refractivity contribution >= 4 is 11.3 Å². The van der Waals surface area contributed by atoms with Gasteiger partial charge in [-0.1, -0.05) is 0 Å². The third-order valence-electron chi connectivity index (χ3n) is 2.80. The zero-order valence-electron chi connectivity index (χ0n) is 8.43. The van der Waals surface area contributed by atoms with Gasteiger partial charge in [0, 0.05) is 23.9 Å². The second kappa shape index (κ2) is 3.61. The minimum absolute atomic E-state index is 0.0837. The van der Waals surface area contributed by atoms with Crippen LogP contribution in [0.2, 0.25) is 0 Å². The summed E-state index contributed by atoms with van der Waals surface area (Å²) in [6.07, 6.45) is 3.26. The molecule has 1 aliphatic heterocycles. The van der Waals surface area contributed by atoms with Crippen molar-refractivity contribution in [2.45, 2.75) is 44.5 Å². The van der Waals surface area contributed by atoms with Crippen molar-refractivity contribution in [2.75, 3.05) is 0 Å². The van der Waals surface area contributed by atoms with Crippen molar-refractivity contribution in [1.29, 1.82) is 0 Å². The topological polar surface area (TPSA) is 42.4 Å². The zero-order valence-corrected chi connectivity index (χ0v) is 9.25. The van der Waals surface area contributed by atoms with E-state index in [4.69, 9.17) is 4.74 Å². The molecule has 1 aromatic rings. The number of thiazole rings is 1. The van der Waals surface area contributed by atoms with Gasteiger partial charge in [-0.05, 0) is 13.8 Å². The first-order valence-corrected chi connectivity index (χ1v) is 5.73. The Labute approximate surface area is 87.7 Å². The Balaban J connectivity index is 2.09. The van der Waals surface area contributed by atoms with Gasteiger partial charge in [-0.25, -0.2) is 0 Å². The standard InChI is InChI=1S/C10H15NO2S/c1-7-3-10(12,8(2)13-7)4-9-5-11-6-14-9/h5-8,12H,3-4H2,1-2H3. The van der Waals surface area contributed by atoms with E-state index in [1.54, 1.807) is 16.8 Å². The van der Waals surface area contributed by atoms with Crippen LogP contribution in [0.15, 0.2) is 11.7 Å². The Kier molecular flexibility index (Phi) is 2.60. The van der Waals surface area contributed by atoms with Crippen LogP contribution in [-0.4, -0.2) is 27.9 Å². The van der Waals surface area contributed by atoms with Gasteiger partial charge in [0.2, 0.25) is 0 Å². The molecule has 1 saturated heterocycles. The van der Waals surface area contributed by atoms with Crippen LogP contribution < -0.4 is 0 Å². The largest absolute Gasteiger partial charge is 0.387 e. The summed E-state index contributed by atoms with van der Waals surface area (Å²) < 4.78 is 5.56. The number of ether oxygens (including phenoxy) is 1. The normalized spacial score (nSPS) is 37.6. The average Bonchev–Trinajstić information content (AvgIpc) is 2.62. The van der Waals surface area contributed by atoms with Crippen LogP contribution >= 0.6 is 11.3 Å². The predicted molar refractivity (Wildman–Crippen MR) is 55.4 cm³/mol. The van der Waals surface area contributed by atoms with Crippen molar-refractivity contribution in [3.05, 3.63) is 16.6 Å². The van der Waals surface area contributed by atoms with Gasteiger partial charge in [-0.2, -0.15) is 0 Å². The Bertz CT molecular complexity index is 301. The first kappa shape index (κ1) is 10.1. The molecule has 0 bridgehead atoms. The minimum Gasteiger partial charge on any atom is -0.387 e. The van der Waals surface area contributed by atoms with Crippen molar-refractivity contribution in [1.82, 2.24) is 4.98 Å². The molecule has 0 aromatic carbocycles. The Morgan fingerprint density at radius 1 is 1.71 bits per heavy atom.